The van der Waals surface area contributed by atoms with Gasteiger partial charge in [-0.2, -0.15) is 0 Å². The van der Waals surface area contributed by atoms with E-state index in [1.54, 1.807) is 36.4 Å². The van der Waals surface area contributed by atoms with E-state index in [0.29, 0.717) is 23.8 Å². The van der Waals surface area contributed by atoms with Crippen molar-refractivity contribution in [2.75, 3.05) is 30.6 Å². The number of aryl methyl sites for hydroxylation is 1. The number of nitrogens with one attached hydrogen (secondary N) is 1. The molecule has 0 heterocycles. The summed E-state index contributed by atoms with van der Waals surface area (Å²) in [7, 11) is -3.99. The molecule has 7 nitrogen and oxygen atoms in total. The minimum absolute atomic E-state index is 0.0834. The van der Waals surface area contributed by atoms with Gasteiger partial charge in [-0.1, -0.05) is 33.6 Å². The highest BCUT2D eigenvalue weighted by atomic mass is 79.9. The number of hydrogen-bond acceptors (Lipinski definition) is 5. The lowest BCUT2D eigenvalue weighted by Gasteiger charge is -2.24. The first-order valence-corrected chi connectivity index (χ1v) is 13.0. The number of carbonyl (C=O) groups excluding carboxylic acids is 1. The molecule has 3 rings (SSSR count). The van der Waals surface area contributed by atoms with E-state index in [0.717, 1.165) is 14.3 Å². The van der Waals surface area contributed by atoms with Gasteiger partial charge in [0.25, 0.3) is 10.0 Å². The Bertz CT molecular complexity index is 1180. The van der Waals surface area contributed by atoms with E-state index in [4.69, 9.17) is 9.47 Å². The maximum atomic E-state index is 13.4. The van der Waals surface area contributed by atoms with Crippen molar-refractivity contribution in [2.45, 2.75) is 18.7 Å². The third-order valence-electron chi connectivity index (χ3n) is 4.84. The SMILES string of the molecule is CCOc1ccc(N(CC(=O)NCCOc2ccc(C)cc2)S(=O)(=O)c2ccc(Br)cc2)cc1. The Morgan fingerprint density at radius 2 is 1.50 bits per heavy atom. The van der Waals surface area contributed by atoms with E-state index in [9.17, 15) is 13.2 Å². The Morgan fingerprint density at radius 3 is 2.12 bits per heavy atom. The second kappa shape index (κ2) is 11.9. The highest BCUT2D eigenvalue weighted by Gasteiger charge is 2.27. The Kier molecular flexibility index (Phi) is 8.95. The fourth-order valence-electron chi connectivity index (χ4n) is 3.10. The van der Waals surface area contributed by atoms with Crippen molar-refractivity contribution >= 4 is 37.5 Å². The Balaban J connectivity index is 1.71. The third kappa shape index (κ3) is 6.98. The average molecular weight is 547 g/mol. The first kappa shape index (κ1) is 25.6. The molecule has 0 saturated carbocycles. The van der Waals surface area contributed by atoms with Crippen LogP contribution in [0.2, 0.25) is 0 Å². The largest absolute Gasteiger partial charge is 0.494 e. The molecule has 0 aliphatic carbocycles. The second-order valence-corrected chi connectivity index (χ2v) is 10.2. The monoisotopic (exact) mass is 546 g/mol. The quantitative estimate of drug-likeness (QED) is 0.356. The van der Waals surface area contributed by atoms with E-state index in [-0.39, 0.29) is 24.6 Å². The van der Waals surface area contributed by atoms with Crippen LogP contribution in [0, 0.1) is 6.92 Å². The van der Waals surface area contributed by atoms with Gasteiger partial charge in [-0.3, -0.25) is 9.10 Å². The van der Waals surface area contributed by atoms with Gasteiger partial charge in [0.1, 0.15) is 24.7 Å². The van der Waals surface area contributed by atoms with Crippen LogP contribution in [-0.4, -0.2) is 40.6 Å². The molecule has 0 saturated heterocycles. The molecule has 3 aromatic carbocycles. The van der Waals surface area contributed by atoms with Crippen LogP contribution in [-0.2, 0) is 14.8 Å². The molecule has 0 aliphatic rings. The number of halogens is 1. The molecule has 180 valence electrons. The Hall–Kier alpha value is -3.04. The van der Waals surface area contributed by atoms with E-state index >= 15 is 0 Å². The molecule has 0 bridgehead atoms. The molecule has 0 radical (unpaired) electrons. The van der Waals surface area contributed by atoms with Crippen LogP contribution in [0.5, 0.6) is 11.5 Å². The highest BCUT2D eigenvalue weighted by molar-refractivity contribution is 9.10. The van der Waals surface area contributed by atoms with Gasteiger partial charge in [-0.05, 0) is 74.5 Å². The summed E-state index contributed by atoms with van der Waals surface area (Å²) in [5.74, 6) is 0.876. The van der Waals surface area contributed by atoms with E-state index in [1.807, 2.05) is 38.1 Å². The lowest BCUT2D eigenvalue weighted by Crippen LogP contribution is -2.41. The number of nitrogens with zero attached hydrogens (tertiary/aromatic N) is 1. The summed E-state index contributed by atoms with van der Waals surface area (Å²) in [4.78, 5) is 12.8. The molecule has 0 aliphatic heterocycles. The standard InChI is InChI=1S/C25H27BrN2O5S/c1-3-32-22-12-8-21(9-13-22)28(34(30,31)24-14-6-20(26)7-15-24)18-25(29)27-16-17-33-23-10-4-19(2)5-11-23/h4-15H,3,16-18H2,1-2H3,(H,27,29). The van der Waals surface area contributed by atoms with Crippen molar-refractivity contribution in [3.8, 4) is 11.5 Å². The summed E-state index contributed by atoms with van der Waals surface area (Å²) < 4.78 is 39.7. The van der Waals surface area contributed by atoms with Crippen LogP contribution in [0.25, 0.3) is 0 Å². The van der Waals surface area contributed by atoms with Crippen molar-refractivity contribution in [3.05, 3.63) is 82.8 Å². The van der Waals surface area contributed by atoms with Gasteiger partial charge in [0.2, 0.25) is 5.91 Å². The predicted octanol–water partition coefficient (Wildman–Crippen LogP) is 4.55. The van der Waals surface area contributed by atoms with Crippen LogP contribution in [0.3, 0.4) is 0 Å². The number of anilines is 1. The van der Waals surface area contributed by atoms with Gasteiger partial charge in [0.15, 0.2) is 0 Å². The van der Waals surface area contributed by atoms with Crippen molar-refractivity contribution < 1.29 is 22.7 Å². The first-order chi connectivity index (χ1) is 16.3. The van der Waals surface area contributed by atoms with Gasteiger partial charge >= 0.3 is 0 Å². The number of hydrogen-bond donors (Lipinski definition) is 1. The lowest BCUT2D eigenvalue weighted by atomic mass is 10.2. The minimum atomic E-state index is -3.99. The van der Waals surface area contributed by atoms with Gasteiger partial charge in [0, 0.05) is 4.47 Å². The fraction of sp³-hybridized carbons (Fsp3) is 0.240. The summed E-state index contributed by atoms with van der Waals surface area (Å²) in [6.07, 6.45) is 0. The Morgan fingerprint density at radius 1 is 0.912 bits per heavy atom. The van der Waals surface area contributed by atoms with E-state index in [1.165, 1.54) is 12.1 Å². The zero-order valence-corrected chi connectivity index (χ0v) is 21.4. The molecule has 1 N–H and O–H groups in total. The number of sulfonamides is 1. The topological polar surface area (TPSA) is 84.9 Å². The van der Waals surface area contributed by atoms with Crippen LogP contribution in [0.1, 0.15) is 12.5 Å². The highest BCUT2D eigenvalue weighted by Crippen LogP contribution is 2.26. The average Bonchev–Trinajstić information content (AvgIpc) is 2.82. The molecule has 34 heavy (non-hydrogen) atoms. The molecule has 0 spiro atoms. The molecule has 3 aromatic rings. The molecular weight excluding hydrogens is 520 g/mol. The molecule has 9 heteroatoms. The molecular formula is C25H27BrN2O5S. The Labute approximate surface area is 208 Å². The number of benzene rings is 3. The molecule has 0 fully saturated rings. The van der Waals surface area contributed by atoms with E-state index in [2.05, 4.69) is 21.2 Å². The van der Waals surface area contributed by atoms with Crippen LogP contribution < -0.4 is 19.1 Å². The van der Waals surface area contributed by atoms with Gasteiger partial charge in [0.05, 0.1) is 23.7 Å². The number of ether oxygens (including phenoxy) is 2. The van der Waals surface area contributed by atoms with Gasteiger partial charge in [-0.25, -0.2) is 8.42 Å². The summed E-state index contributed by atoms with van der Waals surface area (Å²) in [6, 6.07) is 20.5. The normalized spacial score (nSPS) is 11.0. The summed E-state index contributed by atoms with van der Waals surface area (Å²) >= 11 is 3.31. The lowest BCUT2D eigenvalue weighted by molar-refractivity contribution is -0.119. The smallest absolute Gasteiger partial charge is 0.264 e. The van der Waals surface area contributed by atoms with Gasteiger partial charge in [-0.15, -0.1) is 0 Å². The number of amides is 1. The van der Waals surface area contributed by atoms with Crippen molar-refractivity contribution in [1.29, 1.82) is 0 Å². The summed E-state index contributed by atoms with van der Waals surface area (Å²) in [6.45, 7) is 4.47. The summed E-state index contributed by atoms with van der Waals surface area (Å²) in [5, 5.41) is 2.73. The zero-order valence-electron chi connectivity index (χ0n) is 19.0. The van der Waals surface area contributed by atoms with E-state index < -0.39 is 15.9 Å². The zero-order chi connectivity index (χ0) is 24.6. The molecule has 1 amide bonds. The van der Waals surface area contributed by atoms with Crippen LogP contribution in [0.15, 0.2) is 82.2 Å². The van der Waals surface area contributed by atoms with Crippen molar-refractivity contribution in [3.63, 3.8) is 0 Å². The number of rotatable bonds is 11. The second-order valence-electron chi connectivity index (χ2n) is 7.40. The third-order valence-corrected chi connectivity index (χ3v) is 7.16. The molecule has 0 aromatic heterocycles. The maximum Gasteiger partial charge on any atom is 0.264 e. The van der Waals surface area contributed by atoms with Gasteiger partial charge < -0.3 is 14.8 Å². The van der Waals surface area contributed by atoms with Crippen molar-refractivity contribution in [1.82, 2.24) is 5.32 Å². The fourth-order valence-corrected chi connectivity index (χ4v) is 4.79. The van der Waals surface area contributed by atoms with Crippen LogP contribution in [0.4, 0.5) is 5.69 Å². The first-order valence-electron chi connectivity index (χ1n) is 10.8. The van der Waals surface area contributed by atoms with Crippen LogP contribution >= 0.6 is 15.9 Å². The number of carbonyl (C=O) groups is 1. The predicted molar refractivity (Wildman–Crippen MR) is 136 cm³/mol. The maximum absolute atomic E-state index is 13.4. The van der Waals surface area contributed by atoms with Crippen molar-refractivity contribution in [2.24, 2.45) is 0 Å². The summed E-state index contributed by atoms with van der Waals surface area (Å²) in [5.41, 5.74) is 1.49. The molecule has 0 atom stereocenters. The molecule has 0 unspecified atom stereocenters. The minimum Gasteiger partial charge on any atom is -0.494 e.